The maximum absolute atomic E-state index is 2.70. The maximum atomic E-state index is 2.70. The van der Waals surface area contributed by atoms with E-state index in [-0.39, 0.29) is 11.0 Å². The van der Waals surface area contributed by atoms with Crippen molar-refractivity contribution in [3.05, 3.63) is 173 Å². The van der Waals surface area contributed by atoms with Gasteiger partial charge in [0.2, 0.25) is 0 Å². The van der Waals surface area contributed by atoms with Gasteiger partial charge in [-0.3, -0.25) is 0 Å². The first kappa shape index (κ1) is 29.9. The normalized spacial score (nSPS) is 20.2. The lowest BCUT2D eigenvalue weighted by atomic mass is 9.74. The van der Waals surface area contributed by atoms with Crippen molar-refractivity contribution < 1.29 is 0 Å². The Bertz CT molecular complexity index is 3590. The molecule has 10 aromatic rings. The summed E-state index contributed by atoms with van der Waals surface area (Å²) in [4.78, 5) is 2.66. The van der Waals surface area contributed by atoms with E-state index in [0.717, 1.165) is 12.8 Å². The number of thiophene rings is 1. The van der Waals surface area contributed by atoms with Crippen molar-refractivity contribution in [3.63, 3.8) is 0 Å². The summed E-state index contributed by atoms with van der Waals surface area (Å²) in [5.41, 5.74) is 15.6. The number of nitrogens with zero attached hydrogens (tertiary/aromatic N) is 3. The molecule has 0 saturated carbocycles. The van der Waals surface area contributed by atoms with E-state index in [0.29, 0.717) is 0 Å². The SMILES string of the molecule is CC12CC=c3ccc4c5c(n6c7cc8ccccc8cc7n(c1c3c46)-c1ccccc12)CC1(C)C(=C5)c2ccccc2N1c1ccc2sc3ccccc3c2c1. The van der Waals surface area contributed by atoms with Crippen LogP contribution in [0.2, 0.25) is 0 Å². The Morgan fingerprint density at radius 3 is 2.29 bits per heavy atom. The minimum atomic E-state index is -0.315. The van der Waals surface area contributed by atoms with Gasteiger partial charge in [0.25, 0.3) is 0 Å². The second kappa shape index (κ2) is 9.89. The Balaban J connectivity index is 1.13. The summed E-state index contributed by atoms with van der Waals surface area (Å²) in [6.07, 6.45) is 6.93. The summed E-state index contributed by atoms with van der Waals surface area (Å²) < 4.78 is 8.03. The highest BCUT2D eigenvalue weighted by molar-refractivity contribution is 7.25. The number of fused-ring (bicyclic) bond motifs is 16. The predicted octanol–water partition coefficient (Wildman–Crippen LogP) is 12.6. The average molecular weight is 734 g/mol. The van der Waals surface area contributed by atoms with Gasteiger partial charge >= 0.3 is 0 Å². The molecule has 56 heavy (non-hydrogen) atoms. The lowest BCUT2D eigenvalue weighted by Gasteiger charge is -2.40. The van der Waals surface area contributed by atoms with Crippen molar-refractivity contribution in [2.75, 3.05) is 4.90 Å². The van der Waals surface area contributed by atoms with Crippen LogP contribution in [-0.4, -0.2) is 14.5 Å². The molecule has 7 aromatic carbocycles. The van der Waals surface area contributed by atoms with E-state index in [1.54, 1.807) is 0 Å². The van der Waals surface area contributed by atoms with Crippen LogP contribution >= 0.6 is 11.3 Å². The van der Waals surface area contributed by atoms with Crippen molar-refractivity contribution in [1.82, 2.24) is 8.97 Å². The highest BCUT2D eigenvalue weighted by Gasteiger charge is 2.49. The van der Waals surface area contributed by atoms with Gasteiger partial charge in [-0.2, -0.15) is 0 Å². The van der Waals surface area contributed by atoms with Crippen LogP contribution in [0.15, 0.2) is 140 Å². The Morgan fingerprint density at radius 1 is 0.643 bits per heavy atom. The zero-order valence-corrected chi connectivity index (χ0v) is 31.9. The first-order valence-corrected chi connectivity index (χ1v) is 20.7. The molecule has 2 atom stereocenters. The van der Waals surface area contributed by atoms with Crippen LogP contribution in [0.5, 0.6) is 0 Å². The van der Waals surface area contributed by atoms with E-state index >= 15 is 0 Å². The van der Waals surface area contributed by atoms with E-state index in [1.165, 1.54) is 114 Å². The second-order valence-corrected chi connectivity index (χ2v) is 18.0. The predicted molar refractivity (Wildman–Crippen MR) is 237 cm³/mol. The molecule has 14 rings (SSSR count). The lowest BCUT2D eigenvalue weighted by Crippen LogP contribution is -2.43. The molecule has 0 saturated heterocycles. The standard InChI is InChI=1S/C52H35N3S/c1-51-24-23-30-19-21-35-37-28-40-36-14-5-8-16-41(36)55(33-20-22-47-38(27-33)34-13-6-10-18-46(34)56-47)52(40,2)29-45(37)53-43-25-31-11-3-4-12-32(31)26-44(43)54(50(51)48(30)49(35)53)42-17-9-7-15-39(42)51/h3-23,25-28H,24,29H2,1-2H3. The third-order valence-electron chi connectivity index (χ3n) is 14.0. The largest absolute Gasteiger partial charge is 0.330 e. The highest BCUT2D eigenvalue weighted by Crippen LogP contribution is 2.58. The molecule has 0 amide bonds. The first-order valence-electron chi connectivity index (χ1n) is 19.9. The molecule has 3 nitrogen and oxygen atoms in total. The summed E-state index contributed by atoms with van der Waals surface area (Å²) in [7, 11) is 0. The number of benzene rings is 7. The Morgan fingerprint density at radius 2 is 1.39 bits per heavy atom. The average Bonchev–Trinajstić information content (AvgIpc) is 3.89. The molecule has 264 valence electrons. The molecule has 2 aliphatic carbocycles. The molecule has 2 aliphatic heterocycles. The summed E-state index contributed by atoms with van der Waals surface area (Å²) in [5.74, 6) is 0. The van der Waals surface area contributed by atoms with E-state index < -0.39 is 0 Å². The number of anilines is 2. The van der Waals surface area contributed by atoms with Gasteiger partial charge in [0.1, 0.15) is 0 Å². The summed E-state index contributed by atoms with van der Waals surface area (Å²) in [6.45, 7) is 4.97. The van der Waals surface area contributed by atoms with Gasteiger partial charge < -0.3 is 13.9 Å². The molecule has 0 N–H and O–H groups in total. The number of aromatic nitrogens is 2. The monoisotopic (exact) mass is 733 g/mol. The Kier molecular flexibility index (Phi) is 5.29. The van der Waals surface area contributed by atoms with Crippen LogP contribution in [0.25, 0.3) is 81.7 Å². The van der Waals surface area contributed by atoms with Crippen LogP contribution in [0.4, 0.5) is 11.4 Å². The van der Waals surface area contributed by atoms with Gasteiger partial charge in [-0.25, -0.2) is 0 Å². The van der Waals surface area contributed by atoms with Crippen molar-refractivity contribution in [2.24, 2.45) is 0 Å². The lowest BCUT2D eigenvalue weighted by molar-refractivity contribution is 0.585. The van der Waals surface area contributed by atoms with Crippen molar-refractivity contribution in [3.8, 4) is 5.69 Å². The Labute approximate surface area is 327 Å². The summed E-state index contributed by atoms with van der Waals surface area (Å²) in [6, 6.07) is 53.0. The molecule has 0 spiro atoms. The third kappa shape index (κ3) is 3.40. The number of rotatable bonds is 1. The maximum Gasteiger partial charge on any atom is 0.0736 e. The minimum Gasteiger partial charge on any atom is -0.330 e. The van der Waals surface area contributed by atoms with Gasteiger partial charge in [0.05, 0.1) is 27.8 Å². The molecule has 4 aliphatic rings. The van der Waals surface area contributed by atoms with Gasteiger partial charge in [-0.15, -0.1) is 11.3 Å². The molecule has 5 heterocycles. The van der Waals surface area contributed by atoms with Crippen molar-refractivity contribution in [1.29, 1.82) is 0 Å². The minimum absolute atomic E-state index is 0.137. The zero-order chi connectivity index (χ0) is 36.7. The molecule has 3 aromatic heterocycles. The third-order valence-corrected chi connectivity index (χ3v) is 15.2. The van der Waals surface area contributed by atoms with Crippen LogP contribution in [0, 0.1) is 0 Å². The molecular weight excluding hydrogens is 699 g/mol. The van der Waals surface area contributed by atoms with Gasteiger partial charge in [-0.05, 0) is 102 Å². The van der Waals surface area contributed by atoms with Gasteiger partial charge in [0, 0.05) is 76.7 Å². The topological polar surface area (TPSA) is 12.6 Å². The van der Waals surface area contributed by atoms with E-state index in [1.807, 2.05) is 11.3 Å². The highest BCUT2D eigenvalue weighted by atomic mass is 32.1. The fourth-order valence-corrected chi connectivity index (χ4v) is 12.7. The van der Waals surface area contributed by atoms with Crippen molar-refractivity contribution in [2.45, 2.75) is 37.6 Å². The van der Waals surface area contributed by atoms with Gasteiger partial charge in [-0.1, -0.05) is 97.1 Å². The molecule has 0 radical (unpaired) electrons. The summed E-state index contributed by atoms with van der Waals surface area (Å²) in [5, 5.41) is 9.29. The molecular formula is C52H35N3S. The Hall–Kier alpha value is -6.36. The van der Waals surface area contributed by atoms with Crippen LogP contribution in [0.3, 0.4) is 0 Å². The summed E-state index contributed by atoms with van der Waals surface area (Å²) >= 11 is 1.89. The van der Waals surface area contributed by atoms with E-state index in [4.69, 9.17) is 0 Å². The zero-order valence-electron chi connectivity index (χ0n) is 31.1. The smallest absolute Gasteiger partial charge is 0.0736 e. The molecule has 0 bridgehead atoms. The van der Waals surface area contributed by atoms with Crippen molar-refractivity contribution >= 4 is 98.7 Å². The number of para-hydroxylation sites is 2. The van der Waals surface area contributed by atoms with Gasteiger partial charge in [0.15, 0.2) is 0 Å². The van der Waals surface area contributed by atoms with Crippen LogP contribution < -0.4 is 10.1 Å². The molecule has 2 unspecified atom stereocenters. The van der Waals surface area contributed by atoms with Crippen LogP contribution in [0.1, 0.15) is 48.3 Å². The molecule has 0 fully saturated rings. The first-order chi connectivity index (χ1) is 27.5. The van der Waals surface area contributed by atoms with E-state index in [2.05, 4.69) is 179 Å². The van der Waals surface area contributed by atoms with E-state index in [9.17, 15) is 0 Å². The number of hydrogen-bond donors (Lipinski definition) is 0. The molecule has 4 heteroatoms. The van der Waals surface area contributed by atoms with Crippen LogP contribution in [-0.2, 0) is 11.8 Å². The fraction of sp³-hybridized carbons (Fsp3) is 0.115. The number of hydrogen-bond acceptors (Lipinski definition) is 2. The quantitative estimate of drug-likeness (QED) is 0.164. The second-order valence-electron chi connectivity index (χ2n) is 16.9. The fourth-order valence-electron chi connectivity index (χ4n) is 11.6.